The number of anilines is 1. The SMILES string of the molecule is Cc1cc(F)cc(NC2CC(c3ccccc3Br)C2)c1. The second-order valence-corrected chi connectivity index (χ2v) is 6.40. The number of rotatable bonds is 3. The summed E-state index contributed by atoms with van der Waals surface area (Å²) in [7, 11) is 0. The molecule has 2 aromatic rings. The van der Waals surface area contributed by atoms with Gasteiger partial charge in [0.1, 0.15) is 5.82 Å². The highest BCUT2D eigenvalue weighted by atomic mass is 79.9. The highest BCUT2D eigenvalue weighted by Crippen LogP contribution is 2.41. The number of hydrogen-bond acceptors (Lipinski definition) is 1. The average molecular weight is 334 g/mol. The first-order valence-electron chi connectivity index (χ1n) is 6.90. The lowest BCUT2D eigenvalue weighted by Gasteiger charge is -2.37. The van der Waals surface area contributed by atoms with Gasteiger partial charge in [0, 0.05) is 16.2 Å². The van der Waals surface area contributed by atoms with Crippen LogP contribution in [-0.4, -0.2) is 6.04 Å². The summed E-state index contributed by atoms with van der Waals surface area (Å²) in [4.78, 5) is 0. The zero-order valence-electron chi connectivity index (χ0n) is 11.4. The van der Waals surface area contributed by atoms with Crippen LogP contribution in [0.2, 0.25) is 0 Å². The van der Waals surface area contributed by atoms with Gasteiger partial charge in [0.2, 0.25) is 0 Å². The fourth-order valence-electron chi connectivity index (χ4n) is 2.85. The average Bonchev–Trinajstić information content (AvgIpc) is 2.33. The van der Waals surface area contributed by atoms with Crippen molar-refractivity contribution in [3.05, 3.63) is 63.9 Å². The summed E-state index contributed by atoms with van der Waals surface area (Å²) in [5, 5.41) is 3.42. The number of aryl methyl sites for hydroxylation is 1. The lowest BCUT2D eigenvalue weighted by molar-refractivity contribution is 0.373. The molecule has 3 heteroatoms. The van der Waals surface area contributed by atoms with E-state index in [9.17, 15) is 4.39 Å². The van der Waals surface area contributed by atoms with Crippen molar-refractivity contribution in [2.45, 2.75) is 31.7 Å². The van der Waals surface area contributed by atoms with E-state index in [-0.39, 0.29) is 5.82 Å². The fraction of sp³-hybridized carbons (Fsp3) is 0.294. The molecule has 1 nitrogen and oxygen atoms in total. The van der Waals surface area contributed by atoms with E-state index in [2.05, 4.69) is 39.4 Å². The largest absolute Gasteiger partial charge is 0.382 e. The van der Waals surface area contributed by atoms with Crippen LogP contribution in [0, 0.1) is 12.7 Å². The van der Waals surface area contributed by atoms with Gasteiger partial charge in [0.25, 0.3) is 0 Å². The molecule has 1 saturated carbocycles. The van der Waals surface area contributed by atoms with Crippen molar-refractivity contribution < 1.29 is 4.39 Å². The normalized spacial score (nSPS) is 21.4. The first kappa shape index (κ1) is 13.6. The zero-order valence-corrected chi connectivity index (χ0v) is 13.0. The Bertz CT molecular complexity index is 600. The highest BCUT2D eigenvalue weighted by molar-refractivity contribution is 9.10. The predicted octanol–water partition coefficient (Wildman–Crippen LogP) is 5.25. The van der Waals surface area contributed by atoms with Crippen LogP contribution < -0.4 is 5.32 Å². The van der Waals surface area contributed by atoms with Crippen LogP contribution in [0.1, 0.15) is 29.9 Å². The molecule has 3 rings (SSSR count). The summed E-state index contributed by atoms with van der Waals surface area (Å²) < 4.78 is 14.5. The lowest BCUT2D eigenvalue weighted by atomic mass is 9.76. The summed E-state index contributed by atoms with van der Waals surface area (Å²) in [5.41, 5.74) is 3.22. The molecule has 1 aliphatic carbocycles. The van der Waals surface area contributed by atoms with Crippen molar-refractivity contribution >= 4 is 21.6 Å². The molecule has 0 atom stereocenters. The van der Waals surface area contributed by atoms with Gasteiger partial charge in [0.15, 0.2) is 0 Å². The fourth-order valence-corrected chi connectivity index (χ4v) is 3.46. The van der Waals surface area contributed by atoms with Gasteiger partial charge in [0.05, 0.1) is 0 Å². The van der Waals surface area contributed by atoms with E-state index < -0.39 is 0 Å². The van der Waals surface area contributed by atoms with E-state index in [1.807, 2.05) is 19.1 Å². The van der Waals surface area contributed by atoms with Crippen molar-refractivity contribution in [3.63, 3.8) is 0 Å². The third-order valence-corrected chi connectivity index (χ3v) is 4.62. The van der Waals surface area contributed by atoms with Crippen LogP contribution in [0.25, 0.3) is 0 Å². The van der Waals surface area contributed by atoms with E-state index >= 15 is 0 Å². The molecule has 104 valence electrons. The van der Waals surface area contributed by atoms with Crippen molar-refractivity contribution in [1.29, 1.82) is 0 Å². The number of hydrogen-bond donors (Lipinski definition) is 1. The molecule has 1 fully saturated rings. The Morgan fingerprint density at radius 3 is 2.60 bits per heavy atom. The zero-order chi connectivity index (χ0) is 14.1. The molecule has 0 aromatic heterocycles. The Balaban J connectivity index is 1.62. The Morgan fingerprint density at radius 1 is 1.15 bits per heavy atom. The lowest BCUT2D eigenvalue weighted by Crippen LogP contribution is -2.34. The van der Waals surface area contributed by atoms with Crippen LogP contribution in [0.15, 0.2) is 46.9 Å². The van der Waals surface area contributed by atoms with E-state index in [0.717, 1.165) is 24.1 Å². The second kappa shape index (κ2) is 5.57. The molecule has 0 radical (unpaired) electrons. The minimum absolute atomic E-state index is 0.172. The maximum absolute atomic E-state index is 13.3. The van der Waals surface area contributed by atoms with Gasteiger partial charge in [-0.1, -0.05) is 34.1 Å². The van der Waals surface area contributed by atoms with E-state index in [1.54, 1.807) is 12.1 Å². The minimum atomic E-state index is -0.172. The molecule has 1 N–H and O–H groups in total. The maximum atomic E-state index is 13.3. The van der Waals surface area contributed by atoms with E-state index in [0.29, 0.717) is 12.0 Å². The quantitative estimate of drug-likeness (QED) is 0.808. The smallest absolute Gasteiger partial charge is 0.125 e. The van der Waals surface area contributed by atoms with Crippen molar-refractivity contribution in [2.24, 2.45) is 0 Å². The first-order chi connectivity index (χ1) is 9.61. The number of benzene rings is 2. The third-order valence-electron chi connectivity index (χ3n) is 3.90. The van der Waals surface area contributed by atoms with Gasteiger partial charge in [-0.05, 0) is 61.1 Å². The summed E-state index contributed by atoms with van der Waals surface area (Å²) in [6, 6.07) is 13.9. The van der Waals surface area contributed by atoms with Crippen LogP contribution in [0.5, 0.6) is 0 Å². The predicted molar refractivity (Wildman–Crippen MR) is 84.7 cm³/mol. The molecule has 20 heavy (non-hydrogen) atoms. The van der Waals surface area contributed by atoms with E-state index in [1.165, 1.54) is 10.0 Å². The molecular weight excluding hydrogens is 317 g/mol. The van der Waals surface area contributed by atoms with E-state index in [4.69, 9.17) is 0 Å². The first-order valence-corrected chi connectivity index (χ1v) is 7.69. The molecule has 0 bridgehead atoms. The van der Waals surface area contributed by atoms with Gasteiger partial charge in [-0.3, -0.25) is 0 Å². The van der Waals surface area contributed by atoms with Gasteiger partial charge >= 0.3 is 0 Å². The van der Waals surface area contributed by atoms with Crippen LogP contribution in [0.3, 0.4) is 0 Å². The third kappa shape index (κ3) is 2.88. The standard InChI is InChI=1S/C17H17BrFN/c1-11-6-13(19)10-14(7-11)20-15-8-12(9-15)16-4-2-3-5-17(16)18/h2-7,10,12,15,20H,8-9H2,1H3. The maximum Gasteiger partial charge on any atom is 0.125 e. The molecule has 0 heterocycles. The minimum Gasteiger partial charge on any atom is -0.382 e. The highest BCUT2D eigenvalue weighted by Gasteiger charge is 2.31. The molecule has 0 saturated heterocycles. The van der Waals surface area contributed by atoms with Gasteiger partial charge in [-0.15, -0.1) is 0 Å². The number of halogens is 2. The van der Waals surface area contributed by atoms with Gasteiger partial charge < -0.3 is 5.32 Å². The monoisotopic (exact) mass is 333 g/mol. The summed E-state index contributed by atoms with van der Waals surface area (Å²) >= 11 is 3.61. The summed E-state index contributed by atoms with van der Waals surface area (Å²) in [5.74, 6) is 0.423. The Morgan fingerprint density at radius 2 is 1.90 bits per heavy atom. The van der Waals surface area contributed by atoms with Gasteiger partial charge in [-0.2, -0.15) is 0 Å². The topological polar surface area (TPSA) is 12.0 Å². The van der Waals surface area contributed by atoms with Crippen molar-refractivity contribution in [1.82, 2.24) is 0 Å². The summed E-state index contributed by atoms with van der Waals surface area (Å²) in [6.07, 6.45) is 2.19. The summed E-state index contributed by atoms with van der Waals surface area (Å²) in [6.45, 7) is 1.92. The Labute approximate surface area is 127 Å². The van der Waals surface area contributed by atoms with Crippen molar-refractivity contribution in [2.75, 3.05) is 5.32 Å². The van der Waals surface area contributed by atoms with Crippen LogP contribution in [0.4, 0.5) is 10.1 Å². The molecular formula is C17H17BrFN. The molecule has 0 aliphatic heterocycles. The molecule has 1 aliphatic rings. The van der Waals surface area contributed by atoms with Crippen molar-refractivity contribution in [3.8, 4) is 0 Å². The molecule has 0 amide bonds. The molecule has 0 unspecified atom stereocenters. The number of nitrogens with one attached hydrogen (secondary N) is 1. The second-order valence-electron chi connectivity index (χ2n) is 5.55. The van der Waals surface area contributed by atoms with Crippen LogP contribution >= 0.6 is 15.9 Å². The Hall–Kier alpha value is -1.35. The van der Waals surface area contributed by atoms with Gasteiger partial charge in [-0.25, -0.2) is 4.39 Å². The Kier molecular flexibility index (Phi) is 3.79. The van der Waals surface area contributed by atoms with Crippen LogP contribution in [-0.2, 0) is 0 Å². The molecule has 2 aromatic carbocycles. The molecule has 0 spiro atoms.